The zero-order chi connectivity index (χ0) is 24.2. The summed E-state index contributed by atoms with van der Waals surface area (Å²) in [5.74, 6) is 0. The Hall–Kier alpha value is -1.07. The molecule has 2 aliphatic rings. The molecule has 0 radical (unpaired) electrons. The highest BCUT2D eigenvalue weighted by Gasteiger charge is 2.52. The summed E-state index contributed by atoms with van der Waals surface area (Å²) >= 11 is 0. The molecule has 5 heteroatoms. The zero-order valence-corrected chi connectivity index (χ0v) is 11.8. The van der Waals surface area contributed by atoms with Crippen molar-refractivity contribution >= 4 is 18.4 Å². The zero-order valence-electron chi connectivity index (χ0n) is 22.8. The van der Waals surface area contributed by atoms with Gasteiger partial charge < -0.3 is 14.2 Å². The normalized spacial score (nSPS) is 42.5. The van der Waals surface area contributed by atoms with Crippen molar-refractivity contribution in [3.63, 3.8) is 0 Å². The second-order valence-electron chi connectivity index (χ2n) is 5.60. The van der Waals surface area contributed by atoms with Crippen molar-refractivity contribution < 1.29 is 24.4 Å². The summed E-state index contributed by atoms with van der Waals surface area (Å²) in [6, 6.07) is -1.55. The van der Waals surface area contributed by atoms with Crippen molar-refractivity contribution in [3.8, 4) is 0 Å². The SMILES string of the molecule is [2H]c1nc(B2OC(C)(C)C(C)(C)O2)c([2H])c(N2C([2H])([2H])C([2H])([2H])C([2H])([2H])C2([2H])[2H])c1[2H]. The number of nitrogens with zero attached hydrogens (tertiary/aromatic N) is 2. The van der Waals surface area contributed by atoms with E-state index in [9.17, 15) is 0 Å². The standard InChI is InChI=1S/C15H23BN2O2/c1-14(2)15(3,4)20-16(19-14)13-11-12(7-8-17-13)18-9-5-6-10-18/h7-8,11H,5-6,9-10H2,1-4H3/i5D2,6D2,7D,8D,9D2,10D2,11D. The van der Waals surface area contributed by atoms with Crippen molar-refractivity contribution in [3.05, 3.63) is 18.3 Å². The lowest BCUT2D eigenvalue weighted by molar-refractivity contribution is 0.00578. The smallest absolute Gasteiger partial charge is 0.398 e. The van der Waals surface area contributed by atoms with Crippen molar-refractivity contribution in [2.75, 3.05) is 17.9 Å². The predicted molar refractivity (Wildman–Crippen MR) is 81.4 cm³/mol. The fraction of sp³-hybridized carbons (Fsp3) is 0.667. The van der Waals surface area contributed by atoms with Crippen molar-refractivity contribution in [2.45, 2.75) is 51.6 Å². The lowest BCUT2D eigenvalue weighted by atomic mass is 9.84. The minimum Gasteiger partial charge on any atom is -0.398 e. The van der Waals surface area contributed by atoms with Gasteiger partial charge in [0, 0.05) is 35.8 Å². The number of aromatic nitrogens is 1. The van der Waals surface area contributed by atoms with E-state index in [1.54, 1.807) is 27.7 Å². The van der Waals surface area contributed by atoms with Gasteiger partial charge in [-0.1, -0.05) is 0 Å². The third-order valence-corrected chi connectivity index (χ3v) is 3.70. The van der Waals surface area contributed by atoms with Gasteiger partial charge in [-0.3, -0.25) is 4.98 Å². The van der Waals surface area contributed by atoms with Crippen LogP contribution in [0.15, 0.2) is 18.3 Å². The summed E-state index contributed by atoms with van der Waals surface area (Å²) in [5.41, 5.74) is -2.81. The van der Waals surface area contributed by atoms with Crippen molar-refractivity contribution in [1.29, 1.82) is 0 Å². The minimum absolute atomic E-state index is 0.0964. The van der Waals surface area contributed by atoms with Gasteiger partial charge in [0.25, 0.3) is 0 Å². The van der Waals surface area contributed by atoms with Crippen LogP contribution in [0.2, 0.25) is 0 Å². The Balaban J connectivity index is 2.27. The third kappa shape index (κ3) is 2.33. The van der Waals surface area contributed by atoms with Crippen LogP contribution in [0.5, 0.6) is 0 Å². The largest absolute Gasteiger partial charge is 0.514 e. The van der Waals surface area contributed by atoms with E-state index in [0.717, 1.165) is 0 Å². The van der Waals surface area contributed by atoms with Crippen LogP contribution in [0.3, 0.4) is 0 Å². The molecule has 1 aromatic heterocycles. The van der Waals surface area contributed by atoms with Gasteiger partial charge in [0.15, 0.2) is 0 Å². The van der Waals surface area contributed by atoms with Crippen LogP contribution >= 0.6 is 0 Å². The van der Waals surface area contributed by atoms with Crippen LogP contribution in [-0.4, -0.2) is 36.3 Å². The van der Waals surface area contributed by atoms with E-state index < -0.39 is 68.0 Å². The Morgan fingerprint density at radius 3 is 2.45 bits per heavy atom. The maximum atomic E-state index is 8.54. The molecule has 0 unspecified atom stereocenters. The van der Waals surface area contributed by atoms with Gasteiger partial charge in [0.05, 0.1) is 20.9 Å². The summed E-state index contributed by atoms with van der Waals surface area (Å²) < 4.78 is 101. The molecule has 3 rings (SSSR count). The molecule has 0 aromatic carbocycles. The second kappa shape index (κ2) is 4.74. The van der Waals surface area contributed by atoms with Crippen LogP contribution in [-0.2, 0) is 9.31 Å². The first-order valence-electron chi connectivity index (χ1n) is 11.8. The molecule has 4 nitrogen and oxygen atoms in total. The molecule has 1 aromatic rings. The average Bonchev–Trinajstić information content (AvgIpc) is 2.84. The summed E-state index contributed by atoms with van der Waals surface area (Å²) in [6.45, 7) is 0.342. The monoisotopic (exact) mass is 285 g/mol. The second-order valence-corrected chi connectivity index (χ2v) is 5.60. The molecule has 0 bridgehead atoms. The summed E-state index contributed by atoms with van der Waals surface area (Å²) in [4.78, 5) is 3.96. The molecule has 20 heavy (non-hydrogen) atoms. The van der Waals surface area contributed by atoms with Crippen LogP contribution in [0.25, 0.3) is 0 Å². The highest BCUT2D eigenvalue weighted by molar-refractivity contribution is 6.61. The van der Waals surface area contributed by atoms with Crippen molar-refractivity contribution in [2.24, 2.45) is 0 Å². The Morgan fingerprint density at radius 1 is 1.25 bits per heavy atom. The van der Waals surface area contributed by atoms with Crippen LogP contribution in [0.4, 0.5) is 5.69 Å². The lowest BCUT2D eigenvalue weighted by Crippen LogP contribution is -2.41. The van der Waals surface area contributed by atoms with Crippen LogP contribution in [0, 0.1) is 0 Å². The molecule has 0 spiro atoms. The Morgan fingerprint density at radius 2 is 1.85 bits per heavy atom. The van der Waals surface area contributed by atoms with Crippen molar-refractivity contribution in [1.82, 2.24) is 4.98 Å². The van der Waals surface area contributed by atoms with Gasteiger partial charge in [-0.15, -0.1) is 0 Å². The number of hydrogen-bond donors (Lipinski definition) is 0. The fourth-order valence-corrected chi connectivity index (χ4v) is 1.81. The van der Waals surface area contributed by atoms with E-state index in [1.807, 2.05) is 0 Å². The van der Waals surface area contributed by atoms with Gasteiger partial charge in [-0.2, -0.15) is 0 Å². The number of pyridine rings is 1. The Labute approximate surface area is 137 Å². The summed E-state index contributed by atoms with van der Waals surface area (Å²) in [7, 11) is -1.28. The molecule has 0 amide bonds. The number of rotatable bonds is 2. The number of hydrogen-bond acceptors (Lipinski definition) is 4. The predicted octanol–water partition coefficient (Wildman–Crippen LogP) is 1.98. The van der Waals surface area contributed by atoms with Gasteiger partial charge >= 0.3 is 7.12 Å². The van der Waals surface area contributed by atoms with E-state index in [4.69, 9.17) is 24.4 Å². The molecule has 2 aliphatic heterocycles. The third-order valence-electron chi connectivity index (χ3n) is 3.70. The topological polar surface area (TPSA) is 34.6 Å². The van der Waals surface area contributed by atoms with Gasteiger partial charge in [0.2, 0.25) is 0 Å². The van der Waals surface area contributed by atoms with Gasteiger partial charge in [-0.05, 0) is 52.5 Å². The average molecular weight is 285 g/mol. The van der Waals surface area contributed by atoms with Gasteiger partial charge in [0.1, 0.15) is 0 Å². The highest BCUT2D eigenvalue weighted by Crippen LogP contribution is 2.36. The minimum atomic E-state index is -3.35. The first-order valence-corrected chi connectivity index (χ1v) is 6.29. The maximum absolute atomic E-state index is 8.54. The molecular weight excluding hydrogens is 251 g/mol. The highest BCUT2D eigenvalue weighted by atomic mass is 16.7. The first kappa shape index (κ1) is 5.97. The molecule has 2 fully saturated rings. The van der Waals surface area contributed by atoms with E-state index in [1.165, 1.54) is 0 Å². The maximum Gasteiger partial charge on any atom is 0.514 e. The molecule has 2 saturated heterocycles. The molecule has 0 saturated carbocycles. The molecular formula is C15H23BN2O2. The molecule has 3 heterocycles. The Bertz CT molecular complexity index is 896. The van der Waals surface area contributed by atoms with E-state index in [2.05, 4.69) is 4.98 Å². The summed E-state index contributed by atoms with van der Waals surface area (Å²) in [5, 5.41) is 0. The first-order chi connectivity index (χ1) is 13.6. The quantitative estimate of drug-likeness (QED) is 0.778. The molecule has 0 N–H and O–H groups in total. The van der Waals surface area contributed by atoms with E-state index in [-0.39, 0.29) is 10.5 Å². The van der Waals surface area contributed by atoms with E-state index >= 15 is 0 Å². The summed E-state index contributed by atoms with van der Waals surface area (Å²) in [6.07, 6.45) is -7.44. The van der Waals surface area contributed by atoms with Crippen LogP contribution < -0.4 is 10.5 Å². The molecule has 108 valence electrons. The molecule has 0 atom stereocenters. The van der Waals surface area contributed by atoms with Crippen LogP contribution in [0.1, 0.15) is 55.5 Å². The fourth-order valence-electron chi connectivity index (χ4n) is 1.81. The Kier molecular flexibility index (Phi) is 1.42. The van der Waals surface area contributed by atoms with Gasteiger partial charge in [-0.25, -0.2) is 0 Å². The lowest BCUT2D eigenvalue weighted by Gasteiger charge is -2.32. The van der Waals surface area contributed by atoms with E-state index in [0.29, 0.717) is 0 Å². The number of anilines is 1. The molecule has 0 aliphatic carbocycles.